The molecule has 0 bridgehead atoms. The number of fused-ring (bicyclic) bond motifs is 1. The first-order valence-corrected chi connectivity index (χ1v) is 4.22. The van der Waals surface area contributed by atoms with Crippen LogP contribution in [0.1, 0.15) is 39.5 Å². The van der Waals surface area contributed by atoms with Gasteiger partial charge in [-0.2, -0.15) is 0 Å². The summed E-state index contributed by atoms with van der Waals surface area (Å²) in [6.07, 6.45) is 6.05. The molecule has 9 heavy (non-hydrogen) atoms. The van der Waals surface area contributed by atoms with E-state index in [1.54, 1.807) is 0 Å². The van der Waals surface area contributed by atoms with E-state index in [0.717, 1.165) is 17.3 Å². The van der Waals surface area contributed by atoms with E-state index in [0.29, 0.717) is 0 Å². The van der Waals surface area contributed by atoms with Gasteiger partial charge in [-0.3, -0.25) is 0 Å². The average molecular weight is 124 g/mol. The van der Waals surface area contributed by atoms with E-state index in [2.05, 4.69) is 13.8 Å². The minimum absolute atomic E-state index is 0.817. The van der Waals surface area contributed by atoms with Gasteiger partial charge in [0.25, 0.3) is 0 Å². The monoisotopic (exact) mass is 124 g/mol. The van der Waals surface area contributed by atoms with Crippen molar-refractivity contribution < 1.29 is 0 Å². The molecule has 2 aliphatic carbocycles. The SMILES string of the molecule is C[C@@H]1CCC[C@]2(C)C[C@H]12. The molecule has 2 fully saturated rings. The zero-order valence-corrected chi connectivity index (χ0v) is 6.48. The highest BCUT2D eigenvalue weighted by Gasteiger charge is 2.53. The van der Waals surface area contributed by atoms with E-state index in [-0.39, 0.29) is 0 Å². The highest BCUT2D eigenvalue weighted by molar-refractivity contribution is 5.03. The van der Waals surface area contributed by atoms with Crippen LogP contribution in [-0.2, 0) is 0 Å². The summed E-state index contributed by atoms with van der Waals surface area (Å²) >= 11 is 0. The Bertz CT molecular complexity index is 128. The molecule has 0 aromatic carbocycles. The summed E-state index contributed by atoms with van der Waals surface area (Å²) in [5.41, 5.74) is 0.817. The Balaban J connectivity index is 2.07. The molecule has 0 heteroatoms. The van der Waals surface area contributed by atoms with Gasteiger partial charge in [0.1, 0.15) is 0 Å². The lowest BCUT2D eigenvalue weighted by molar-refractivity contribution is 0.288. The maximum Gasteiger partial charge on any atom is -0.0292 e. The number of hydrogen-bond acceptors (Lipinski definition) is 0. The number of hydrogen-bond donors (Lipinski definition) is 0. The van der Waals surface area contributed by atoms with E-state index in [1.807, 2.05) is 0 Å². The van der Waals surface area contributed by atoms with Crippen molar-refractivity contribution in [3.05, 3.63) is 0 Å². The second kappa shape index (κ2) is 1.53. The van der Waals surface area contributed by atoms with E-state index in [9.17, 15) is 0 Å². The fourth-order valence-electron chi connectivity index (χ4n) is 2.65. The quantitative estimate of drug-likeness (QED) is 0.466. The molecule has 2 saturated carbocycles. The van der Waals surface area contributed by atoms with Gasteiger partial charge in [0, 0.05) is 0 Å². The maximum absolute atomic E-state index is 2.47. The van der Waals surface area contributed by atoms with Crippen LogP contribution >= 0.6 is 0 Å². The van der Waals surface area contributed by atoms with E-state index >= 15 is 0 Å². The van der Waals surface area contributed by atoms with Crippen LogP contribution in [0.2, 0.25) is 0 Å². The summed E-state index contributed by atoms with van der Waals surface area (Å²) in [5, 5.41) is 0. The van der Waals surface area contributed by atoms with Crippen molar-refractivity contribution in [3.8, 4) is 0 Å². The number of rotatable bonds is 0. The van der Waals surface area contributed by atoms with Gasteiger partial charge in [-0.15, -0.1) is 0 Å². The van der Waals surface area contributed by atoms with Gasteiger partial charge in [-0.05, 0) is 30.1 Å². The molecule has 2 aliphatic rings. The van der Waals surface area contributed by atoms with Crippen LogP contribution < -0.4 is 0 Å². The fourth-order valence-corrected chi connectivity index (χ4v) is 2.65. The summed E-state index contributed by atoms with van der Waals surface area (Å²) < 4.78 is 0. The van der Waals surface area contributed by atoms with E-state index < -0.39 is 0 Å². The molecule has 0 nitrogen and oxygen atoms in total. The van der Waals surface area contributed by atoms with Gasteiger partial charge in [-0.25, -0.2) is 0 Å². The minimum atomic E-state index is 0.817. The fraction of sp³-hybridized carbons (Fsp3) is 1.00. The van der Waals surface area contributed by atoms with Crippen molar-refractivity contribution in [1.29, 1.82) is 0 Å². The van der Waals surface area contributed by atoms with Crippen molar-refractivity contribution in [3.63, 3.8) is 0 Å². The van der Waals surface area contributed by atoms with Crippen LogP contribution in [0.4, 0.5) is 0 Å². The van der Waals surface area contributed by atoms with Crippen LogP contribution in [0.15, 0.2) is 0 Å². The van der Waals surface area contributed by atoms with Crippen LogP contribution in [0.25, 0.3) is 0 Å². The largest absolute Gasteiger partial charge is 0.0622 e. The van der Waals surface area contributed by atoms with Crippen molar-refractivity contribution in [2.45, 2.75) is 39.5 Å². The molecule has 0 aromatic heterocycles. The molecule has 0 amide bonds. The molecule has 2 rings (SSSR count). The lowest BCUT2D eigenvalue weighted by Crippen LogP contribution is -2.11. The van der Waals surface area contributed by atoms with Crippen LogP contribution in [-0.4, -0.2) is 0 Å². The summed E-state index contributed by atoms with van der Waals surface area (Å²) in [5.74, 6) is 2.16. The highest BCUT2D eigenvalue weighted by Crippen LogP contribution is 2.62. The van der Waals surface area contributed by atoms with Crippen LogP contribution in [0.5, 0.6) is 0 Å². The molecule has 0 unspecified atom stereocenters. The van der Waals surface area contributed by atoms with Gasteiger partial charge in [-0.1, -0.05) is 26.7 Å². The Labute approximate surface area is 57.6 Å². The summed E-state index contributed by atoms with van der Waals surface area (Å²) in [7, 11) is 0. The first-order valence-electron chi connectivity index (χ1n) is 4.22. The zero-order chi connectivity index (χ0) is 6.48. The zero-order valence-electron chi connectivity index (χ0n) is 6.48. The lowest BCUT2D eigenvalue weighted by atomic mass is 9.84. The second-order valence-electron chi connectivity index (χ2n) is 4.33. The third-order valence-corrected chi connectivity index (χ3v) is 3.52. The lowest BCUT2D eigenvalue weighted by Gasteiger charge is -2.22. The Morgan fingerprint density at radius 3 is 2.78 bits per heavy atom. The molecule has 0 N–H and O–H groups in total. The summed E-state index contributed by atoms with van der Waals surface area (Å²) in [6, 6.07) is 0. The predicted octanol–water partition coefficient (Wildman–Crippen LogP) is 2.83. The van der Waals surface area contributed by atoms with E-state index in [4.69, 9.17) is 0 Å². The first kappa shape index (κ1) is 5.76. The van der Waals surface area contributed by atoms with Crippen molar-refractivity contribution in [1.82, 2.24) is 0 Å². The second-order valence-corrected chi connectivity index (χ2v) is 4.33. The third-order valence-electron chi connectivity index (χ3n) is 3.52. The molecule has 0 aromatic rings. The average Bonchev–Trinajstić information content (AvgIpc) is 2.43. The maximum atomic E-state index is 2.47. The highest BCUT2D eigenvalue weighted by atomic mass is 14.6. The predicted molar refractivity (Wildman–Crippen MR) is 39.2 cm³/mol. The molecule has 0 aliphatic heterocycles. The standard InChI is InChI=1S/C9H16/c1-7-4-3-5-9(2)6-8(7)9/h7-8H,3-6H2,1-2H3/t7-,8-,9-/m1/s1. The van der Waals surface area contributed by atoms with Crippen molar-refractivity contribution in [2.75, 3.05) is 0 Å². The Kier molecular flexibility index (Phi) is 0.980. The molecule has 0 spiro atoms. The molecule has 3 atom stereocenters. The summed E-state index contributed by atoms with van der Waals surface area (Å²) in [4.78, 5) is 0. The van der Waals surface area contributed by atoms with Crippen molar-refractivity contribution in [2.24, 2.45) is 17.3 Å². The van der Waals surface area contributed by atoms with Crippen LogP contribution in [0.3, 0.4) is 0 Å². The minimum Gasteiger partial charge on any atom is -0.0622 e. The van der Waals surface area contributed by atoms with E-state index in [1.165, 1.54) is 25.7 Å². The topological polar surface area (TPSA) is 0 Å². The smallest absolute Gasteiger partial charge is 0.0292 e. The molecule has 0 radical (unpaired) electrons. The van der Waals surface area contributed by atoms with Gasteiger partial charge in [0.2, 0.25) is 0 Å². The van der Waals surface area contributed by atoms with Gasteiger partial charge < -0.3 is 0 Å². The van der Waals surface area contributed by atoms with Gasteiger partial charge in [0.15, 0.2) is 0 Å². The molecular formula is C9H16. The molecular weight excluding hydrogens is 108 g/mol. The van der Waals surface area contributed by atoms with Gasteiger partial charge in [0.05, 0.1) is 0 Å². The molecule has 52 valence electrons. The Morgan fingerprint density at radius 1 is 1.44 bits per heavy atom. The van der Waals surface area contributed by atoms with Crippen molar-refractivity contribution >= 4 is 0 Å². The first-order chi connectivity index (χ1) is 4.22. The molecule has 0 heterocycles. The molecule has 0 saturated heterocycles. The van der Waals surface area contributed by atoms with Gasteiger partial charge >= 0.3 is 0 Å². The Morgan fingerprint density at radius 2 is 2.22 bits per heavy atom. The Hall–Kier alpha value is 0. The third kappa shape index (κ3) is 0.720. The summed E-state index contributed by atoms with van der Waals surface area (Å²) in [6.45, 7) is 4.89. The normalized spacial score (nSPS) is 56.7. The van der Waals surface area contributed by atoms with Crippen LogP contribution in [0, 0.1) is 17.3 Å².